The molecule has 1 fully saturated rings. The molecule has 130 valence electrons. The molecule has 0 atom stereocenters. The standard InChI is InChI=1S/C17H22BClO4S/c1-11(20)24-10-13(8-12-6-7-14(21)9-15(12)19)18-22-16(2,3)17(4,5)23-18/h6-9,21H,10H2,1-5H3. The van der Waals surface area contributed by atoms with E-state index in [0.29, 0.717) is 10.8 Å². The van der Waals surface area contributed by atoms with Gasteiger partial charge >= 0.3 is 7.12 Å². The van der Waals surface area contributed by atoms with Gasteiger partial charge in [0.2, 0.25) is 0 Å². The molecule has 1 aromatic carbocycles. The number of halogens is 1. The summed E-state index contributed by atoms with van der Waals surface area (Å²) in [4.78, 5) is 11.4. The van der Waals surface area contributed by atoms with E-state index in [-0.39, 0.29) is 10.9 Å². The maximum absolute atomic E-state index is 11.4. The highest BCUT2D eigenvalue weighted by Crippen LogP contribution is 2.39. The van der Waals surface area contributed by atoms with Crippen molar-refractivity contribution in [3.8, 4) is 5.75 Å². The first-order valence-corrected chi connectivity index (χ1v) is 9.06. The lowest BCUT2D eigenvalue weighted by molar-refractivity contribution is -0.109. The third kappa shape index (κ3) is 4.36. The first kappa shape index (κ1) is 19.4. The zero-order valence-electron chi connectivity index (χ0n) is 14.6. The first-order chi connectivity index (χ1) is 11.0. The molecule has 0 bridgehead atoms. The van der Waals surface area contributed by atoms with E-state index in [1.165, 1.54) is 24.8 Å². The lowest BCUT2D eigenvalue weighted by Crippen LogP contribution is -2.41. The second-order valence-corrected chi connectivity index (χ2v) is 8.35. The summed E-state index contributed by atoms with van der Waals surface area (Å²) in [7, 11) is -0.549. The number of hydrogen-bond acceptors (Lipinski definition) is 5. The summed E-state index contributed by atoms with van der Waals surface area (Å²) in [6.45, 7) is 9.46. The summed E-state index contributed by atoms with van der Waals surface area (Å²) >= 11 is 7.39. The molecule has 1 saturated heterocycles. The van der Waals surface area contributed by atoms with Gasteiger partial charge in [-0.15, -0.1) is 0 Å². The molecule has 4 nitrogen and oxygen atoms in total. The van der Waals surface area contributed by atoms with Crippen molar-refractivity contribution in [1.29, 1.82) is 0 Å². The first-order valence-electron chi connectivity index (χ1n) is 7.70. The van der Waals surface area contributed by atoms with Crippen LogP contribution >= 0.6 is 23.4 Å². The van der Waals surface area contributed by atoms with Gasteiger partial charge in [0.15, 0.2) is 5.12 Å². The molecule has 1 N–H and O–H groups in total. The van der Waals surface area contributed by atoms with Gasteiger partial charge in [-0.05, 0) is 56.9 Å². The monoisotopic (exact) mass is 368 g/mol. The van der Waals surface area contributed by atoms with Gasteiger partial charge in [0, 0.05) is 12.7 Å². The minimum absolute atomic E-state index is 0.0224. The third-order valence-corrected chi connectivity index (χ3v) is 5.53. The molecule has 0 unspecified atom stereocenters. The van der Waals surface area contributed by atoms with Crippen LogP contribution in [0.5, 0.6) is 5.75 Å². The van der Waals surface area contributed by atoms with Crippen molar-refractivity contribution in [1.82, 2.24) is 0 Å². The fourth-order valence-electron chi connectivity index (χ4n) is 2.19. The number of phenolic OH excluding ortho intramolecular Hbond substituents is 1. The largest absolute Gasteiger partial charge is 0.508 e. The van der Waals surface area contributed by atoms with Gasteiger partial charge in [0.05, 0.1) is 16.2 Å². The van der Waals surface area contributed by atoms with Crippen molar-refractivity contribution in [2.24, 2.45) is 0 Å². The molecule has 24 heavy (non-hydrogen) atoms. The number of hydrogen-bond donors (Lipinski definition) is 1. The Morgan fingerprint density at radius 1 is 1.29 bits per heavy atom. The molecule has 0 radical (unpaired) electrons. The zero-order valence-corrected chi connectivity index (χ0v) is 16.1. The Hall–Kier alpha value is -0.945. The molecule has 1 aromatic rings. The van der Waals surface area contributed by atoms with Crippen LogP contribution in [0.15, 0.2) is 23.7 Å². The van der Waals surface area contributed by atoms with E-state index in [2.05, 4.69) is 0 Å². The topological polar surface area (TPSA) is 55.8 Å². The molecular weight excluding hydrogens is 347 g/mol. The highest BCUT2D eigenvalue weighted by molar-refractivity contribution is 8.13. The number of thioether (sulfide) groups is 1. The lowest BCUT2D eigenvalue weighted by Gasteiger charge is -2.32. The van der Waals surface area contributed by atoms with Crippen molar-refractivity contribution >= 4 is 41.7 Å². The normalized spacial score (nSPS) is 19.6. The van der Waals surface area contributed by atoms with Crippen LogP contribution in [0.1, 0.15) is 40.2 Å². The van der Waals surface area contributed by atoms with Gasteiger partial charge in [-0.25, -0.2) is 0 Å². The van der Waals surface area contributed by atoms with Crippen LogP contribution in [0.4, 0.5) is 0 Å². The molecule has 7 heteroatoms. The molecule has 1 aliphatic rings. The van der Waals surface area contributed by atoms with Crippen LogP contribution in [-0.4, -0.2) is 34.3 Å². The average Bonchev–Trinajstić information content (AvgIpc) is 2.65. The Labute approximate surface area is 152 Å². The van der Waals surface area contributed by atoms with Crippen LogP contribution in [0.3, 0.4) is 0 Å². The summed E-state index contributed by atoms with van der Waals surface area (Å²) < 4.78 is 12.2. The predicted molar refractivity (Wildman–Crippen MR) is 100 cm³/mol. The lowest BCUT2D eigenvalue weighted by atomic mass is 9.78. The van der Waals surface area contributed by atoms with Crippen molar-refractivity contribution in [2.45, 2.75) is 45.8 Å². The quantitative estimate of drug-likeness (QED) is 0.801. The van der Waals surface area contributed by atoms with Crippen molar-refractivity contribution in [3.05, 3.63) is 34.3 Å². The molecule has 0 amide bonds. The van der Waals surface area contributed by atoms with Gasteiger partial charge in [0.25, 0.3) is 0 Å². The van der Waals surface area contributed by atoms with Gasteiger partial charge in [-0.1, -0.05) is 29.4 Å². The highest BCUT2D eigenvalue weighted by atomic mass is 35.5. The van der Waals surface area contributed by atoms with E-state index in [1.807, 2.05) is 33.8 Å². The summed E-state index contributed by atoms with van der Waals surface area (Å²) in [6.07, 6.45) is 1.86. The summed E-state index contributed by atoms with van der Waals surface area (Å²) in [5.74, 6) is 0.552. The number of carbonyl (C=O) groups is 1. The highest BCUT2D eigenvalue weighted by Gasteiger charge is 2.52. The summed E-state index contributed by atoms with van der Waals surface area (Å²) in [5, 5.41) is 9.94. The van der Waals surface area contributed by atoms with Crippen LogP contribution in [0.2, 0.25) is 5.02 Å². The second-order valence-electron chi connectivity index (χ2n) is 6.79. The SMILES string of the molecule is CC(=O)SCC(=Cc1ccc(O)cc1Cl)B1OC(C)(C)C(C)(C)O1. The predicted octanol–water partition coefficient (Wildman–Crippen LogP) is 4.34. The Morgan fingerprint density at radius 2 is 1.88 bits per heavy atom. The fraction of sp³-hybridized carbons (Fsp3) is 0.471. The number of carbonyl (C=O) groups excluding carboxylic acids is 1. The molecule has 1 heterocycles. The van der Waals surface area contributed by atoms with Gasteiger partial charge in [-0.3, -0.25) is 4.79 Å². The van der Waals surface area contributed by atoms with Crippen molar-refractivity contribution in [3.63, 3.8) is 0 Å². The maximum atomic E-state index is 11.4. The van der Waals surface area contributed by atoms with Gasteiger partial charge in [-0.2, -0.15) is 0 Å². The maximum Gasteiger partial charge on any atom is 0.491 e. The number of benzene rings is 1. The molecule has 0 aliphatic carbocycles. The number of phenols is 1. The van der Waals surface area contributed by atoms with Gasteiger partial charge in [0.1, 0.15) is 5.75 Å². The van der Waals surface area contributed by atoms with E-state index in [4.69, 9.17) is 20.9 Å². The molecule has 0 saturated carbocycles. The number of rotatable bonds is 4. The van der Waals surface area contributed by atoms with Crippen LogP contribution < -0.4 is 0 Å². The van der Waals surface area contributed by atoms with Crippen LogP contribution in [-0.2, 0) is 14.1 Å². The van der Waals surface area contributed by atoms with Crippen LogP contribution in [0.25, 0.3) is 6.08 Å². The smallest absolute Gasteiger partial charge is 0.491 e. The van der Waals surface area contributed by atoms with Gasteiger partial charge < -0.3 is 14.4 Å². The molecule has 0 aromatic heterocycles. The van der Waals surface area contributed by atoms with E-state index < -0.39 is 18.3 Å². The van der Waals surface area contributed by atoms with Crippen LogP contribution in [0, 0.1) is 0 Å². The fourth-order valence-corrected chi connectivity index (χ4v) is 3.01. The minimum atomic E-state index is -0.549. The molecule has 0 spiro atoms. The molecule has 1 aliphatic heterocycles. The Kier molecular flexibility index (Phi) is 5.75. The molecule has 2 rings (SSSR count). The van der Waals surface area contributed by atoms with E-state index >= 15 is 0 Å². The van der Waals surface area contributed by atoms with E-state index in [0.717, 1.165) is 11.0 Å². The summed E-state index contributed by atoms with van der Waals surface area (Å²) in [6, 6.07) is 4.77. The number of aromatic hydroxyl groups is 1. The average molecular weight is 369 g/mol. The van der Waals surface area contributed by atoms with E-state index in [1.54, 1.807) is 12.1 Å². The Morgan fingerprint density at radius 3 is 2.38 bits per heavy atom. The van der Waals surface area contributed by atoms with Crippen molar-refractivity contribution < 1.29 is 19.2 Å². The summed E-state index contributed by atoms with van der Waals surface area (Å²) in [5.41, 5.74) is 0.636. The Bertz CT molecular complexity index is 657. The third-order valence-electron chi connectivity index (χ3n) is 4.32. The minimum Gasteiger partial charge on any atom is -0.508 e. The zero-order chi connectivity index (χ0) is 18.1. The van der Waals surface area contributed by atoms with Crippen molar-refractivity contribution in [2.75, 3.05) is 5.75 Å². The second kappa shape index (κ2) is 7.12. The molecular formula is C17H22BClO4S. The van der Waals surface area contributed by atoms with E-state index in [9.17, 15) is 9.90 Å². The Balaban J connectivity index is 2.35.